The summed E-state index contributed by atoms with van der Waals surface area (Å²) in [4.78, 5) is 13.8. The van der Waals surface area contributed by atoms with E-state index in [0.717, 1.165) is 17.3 Å². The standard InChI is InChI=1S/C28H35NO2/c1-4-6-7-8-9-10-11-12-19-29(3)24-15-17-26-22(20-24)13-14-23-21-25(16-18-27(23)26)31-28(30)5-2/h5,13-18,20-21H,2,4,6-12,19H2,1,3H3. The minimum Gasteiger partial charge on any atom is -0.423 e. The molecule has 0 heterocycles. The van der Waals surface area contributed by atoms with E-state index in [4.69, 9.17) is 4.74 Å². The number of carbonyl (C=O) groups is 1. The fourth-order valence-corrected chi connectivity index (χ4v) is 4.11. The summed E-state index contributed by atoms with van der Waals surface area (Å²) in [5, 5.41) is 4.65. The van der Waals surface area contributed by atoms with Gasteiger partial charge in [0.2, 0.25) is 0 Å². The third-order valence-electron chi connectivity index (χ3n) is 5.96. The molecule has 3 nitrogen and oxygen atoms in total. The lowest BCUT2D eigenvalue weighted by Crippen LogP contribution is -2.18. The van der Waals surface area contributed by atoms with E-state index < -0.39 is 5.97 Å². The first-order valence-electron chi connectivity index (χ1n) is 11.6. The van der Waals surface area contributed by atoms with Gasteiger partial charge in [0.05, 0.1) is 0 Å². The van der Waals surface area contributed by atoms with Gasteiger partial charge in [0.25, 0.3) is 0 Å². The molecule has 0 aliphatic rings. The number of nitrogens with zero attached hydrogens (tertiary/aromatic N) is 1. The number of unbranched alkanes of at least 4 members (excludes halogenated alkanes) is 7. The zero-order valence-corrected chi connectivity index (χ0v) is 19.0. The molecule has 0 saturated carbocycles. The van der Waals surface area contributed by atoms with Crippen molar-refractivity contribution in [2.24, 2.45) is 0 Å². The molecule has 0 saturated heterocycles. The van der Waals surface area contributed by atoms with Gasteiger partial charge in [0.15, 0.2) is 0 Å². The summed E-state index contributed by atoms with van der Waals surface area (Å²) in [6.07, 6.45) is 11.9. The van der Waals surface area contributed by atoms with Crippen LogP contribution in [0.25, 0.3) is 21.5 Å². The average molecular weight is 418 g/mol. The van der Waals surface area contributed by atoms with E-state index in [1.165, 1.54) is 73.9 Å². The first-order valence-corrected chi connectivity index (χ1v) is 11.6. The maximum atomic E-state index is 11.5. The number of benzene rings is 3. The molecule has 0 fully saturated rings. The Balaban J connectivity index is 1.61. The summed E-state index contributed by atoms with van der Waals surface area (Å²) >= 11 is 0. The zero-order valence-electron chi connectivity index (χ0n) is 19.0. The summed E-state index contributed by atoms with van der Waals surface area (Å²) < 4.78 is 5.25. The van der Waals surface area contributed by atoms with Crippen LogP contribution in [-0.2, 0) is 4.79 Å². The molecule has 0 unspecified atom stereocenters. The Kier molecular flexibility index (Phi) is 8.52. The van der Waals surface area contributed by atoms with Gasteiger partial charge < -0.3 is 9.64 Å². The van der Waals surface area contributed by atoms with Crippen LogP contribution >= 0.6 is 0 Å². The molecule has 0 spiro atoms. The van der Waals surface area contributed by atoms with Crippen LogP contribution in [-0.4, -0.2) is 19.6 Å². The Labute approximate surface area is 186 Å². The molecule has 0 amide bonds. The topological polar surface area (TPSA) is 29.5 Å². The molecule has 3 aromatic carbocycles. The normalized spacial score (nSPS) is 11.0. The highest BCUT2D eigenvalue weighted by Gasteiger charge is 2.07. The van der Waals surface area contributed by atoms with Crippen LogP contribution in [0.15, 0.2) is 61.2 Å². The number of esters is 1. The van der Waals surface area contributed by atoms with Gasteiger partial charge in [-0.05, 0) is 52.2 Å². The molecule has 0 aliphatic carbocycles. The first kappa shape index (κ1) is 22.9. The second kappa shape index (κ2) is 11.5. The van der Waals surface area contributed by atoms with Gasteiger partial charge in [-0.15, -0.1) is 0 Å². The molecule has 3 heteroatoms. The molecule has 0 radical (unpaired) electrons. The maximum absolute atomic E-state index is 11.5. The van der Waals surface area contributed by atoms with Crippen LogP contribution in [0.3, 0.4) is 0 Å². The summed E-state index contributed by atoms with van der Waals surface area (Å²) in [6.45, 7) is 6.80. The lowest BCUT2D eigenvalue weighted by molar-refractivity contribution is -0.128. The Morgan fingerprint density at radius 3 is 2.16 bits per heavy atom. The second-order valence-corrected chi connectivity index (χ2v) is 8.38. The van der Waals surface area contributed by atoms with Gasteiger partial charge in [0.1, 0.15) is 5.75 Å². The van der Waals surface area contributed by atoms with Crippen LogP contribution in [0.2, 0.25) is 0 Å². The number of carbonyl (C=O) groups excluding carboxylic acids is 1. The molecule has 31 heavy (non-hydrogen) atoms. The van der Waals surface area contributed by atoms with Crippen molar-refractivity contribution < 1.29 is 9.53 Å². The van der Waals surface area contributed by atoms with E-state index in [-0.39, 0.29) is 0 Å². The number of hydrogen-bond acceptors (Lipinski definition) is 3. The maximum Gasteiger partial charge on any atom is 0.335 e. The Bertz CT molecular complexity index is 1020. The summed E-state index contributed by atoms with van der Waals surface area (Å²) in [6, 6.07) is 16.7. The smallest absolute Gasteiger partial charge is 0.335 e. The lowest BCUT2D eigenvalue weighted by atomic mass is 10.0. The molecular weight excluding hydrogens is 382 g/mol. The quantitative estimate of drug-likeness (QED) is 0.0996. The number of ether oxygens (including phenoxy) is 1. The highest BCUT2D eigenvalue weighted by Crippen LogP contribution is 2.31. The molecule has 0 aromatic heterocycles. The number of fused-ring (bicyclic) bond motifs is 3. The largest absolute Gasteiger partial charge is 0.423 e. The van der Waals surface area contributed by atoms with E-state index in [1.807, 2.05) is 18.2 Å². The number of rotatable bonds is 12. The van der Waals surface area contributed by atoms with E-state index in [0.29, 0.717) is 5.75 Å². The number of hydrogen-bond donors (Lipinski definition) is 0. The molecular formula is C28H35NO2. The van der Waals surface area contributed by atoms with Crippen molar-refractivity contribution in [2.45, 2.75) is 58.3 Å². The average Bonchev–Trinajstić information content (AvgIpc) is 2.79. The van der Waals surface area contributed by atoms with Crippen LogP contribution in [0.4, 0.5) is 5.69 Å². The molecule has 3 rings (SSSR count). The van der Waals surface area contributed by atoms with Crippen molar-refractivity contribution in [3.05, 3.63) is 61.2 Å². The highest BCUT2D eigenvalue weighted by atomic mass is 16.5. The molecule has 164 valence electrons. The Morgan fingerprint density at radius 2 is 1.48 bits per heavy atom. The minimum atomic E-state index is -0.440. The summed E-state index contributed by atoms with van der Waals surface area (Å²) in [5.74, 6) is 0.0998. The van der Waals surface area contributed by atoms with Crippen LogP contribution < -0.4 is 9.64 Å². The second-order valence-electron chi connectivity index (χ2n) is 8.38. The predicted molar refractivity (Wildman–Crippen MR) is 133 cm³/mol. The van der Waals surface area contributed by atoms with Gasteiger partial charge in [-0.2, -0.15) is 0 Å². The Morgan fingerprint density at radius 1 is 0.871 bits per heavy atom. The van der Waals surface area contributed by atoms with Gasteiger partial charge in [-0.1, -0.05) is 82.7 Å². The monoisotopic (exact) mass is 417 g/mol. The SMILES string of the molecule is C=CC(=O)Oc1ccc2c(ccc3cc(N(C)CCCCCCCCCC)ccc32)c1. The number of anilines is 1. The Hall–Kier alpha value is -2.81. The molecule has 0 N–H and O–H groups in total. The van der Waals surface area contributed by atoms with E-state index in [1.54, 1.807) is 0 Å². The third kappa shape index (κ3) is 6.33. The van der Waals surface area contributed by atoms with Crippen LogP contribution in [0.5, 0.6) is 5.75 Å². The van der Waals surface area contributed by atoms with Crippen molar-refractivity contribution in [2.75, 3.05) is 18.5 Å². The van der Waals surface area contributed by atoms with Gasteiger partial charge in [-0.25, -0.2) is 4.79 Å². The van der Waals surface area contributed by atoms with Gasteiger partial charge in [-0.3, -0.25) is 0 Å². The molecule has 3 aromatic rings. The third-order valence-corrected chi connectivity index (χ3v) is 5.96. The van der Waals surface area contributed by atoms with Crippen molar-refractivity contribution in [3.8, 4) is 5.75 Å². The fourth-order valence-electron chi connectivity index (χ4n) is 4.11. The first-order chi connectivity index (χ1) is 15.1. The molecule has 0 aliphatic heterocycles. The van der Waals surface area contributed by atoms with Crippen LogP contribution in [0.1, 0.15) is 58.3 Å². The van der Waals surface area contributed by atoms with Crippen molar-refractivity contribution in [1.82, 2.24) is 0 Å². The van der Waals surface area contributed by atoms with Crippen molar-refractivity contribution in [1.29, 1.82) is 0 Å². The summed E-state index contributed by atoms with van der Waals surface area (Å²) in [5.41, 5.74) is 1.26. The van der Waals surface area contributed by atoms with E-state index in [2.05, 4.69) is 55.8 Å². The predicted octanol–water partition coefficient (Wildman–Crippen LogP) is 7.66. The van der Waals surface area contributed by atoms with Crippen molar-refractivity contribution in [3.63, 3.8) is 0 Å². The lowest BCUT2D eigenvalue weighted by Gasteiger charge is -2.20. The van der Waals surface area contributed by atoms with E-state index >= 15 is 0 Å². The van der Waals surface area contributed by atoms with Gasteiger partial charge >= 0.3 is 5.97 Å². The minimum absolute atomic E-state index is 0.440. The zero-order chi connectivity index (χ0) is 22.1. The molecule has 0 atom stereocenters. The molecule has 0 bridgehead atoms. The van der Waals surface area contributed by atoms with Crippen molar-refractivity contribution >= 4 is 33.2 Å². The van der Waals surface area contributed by atoms with Crippen LogP contribution in [0, 0.1) is 0 Å². The van der Waals surface area contributed by atoms with Gasteiger partial charge in [0, 0.05) is 25.4 Å². The fraction of sp³-hybridized carbons (Fsp3) is 0.393. The highest BCUT2D eigenvalue weighted by molar-refractivity contribution is 6.08. The van der Waals surface area contributed by atoms with E-state index in [9.17, 15) is 4.79 Å². The summed E-state index contributed by atoms with van der Waals surface area (Å²) in [7, 11) is 2.18.